The molecule has 6 nitrogen and oxygen atoms in total. The summed E-state index contributed by atoms with van der Waals surface area (Å²) >= 11 is 0. The van der Waals surface area contributed by atoms with Crippen LogP contribution in [0.25, 0.3) is 0 Å². The zero-order chi connectivity index (χ0) is 18.7. The Morgan fingerprint density at radius 3 is 2.46 bits per heavy atom. The minimum absolute atomic E-state index is 0. The van der Waals surface area contributed by atoms with Crippen LogP contribution in [0.5, 0.6) is 0 Å². The monoisotopic (exact) mass is 480 g/mol. The molecule has 26 heavy (non-hydrogen) atoms. The van der Waals surface area contributed by atoms with Crippen molar-refractivity contribution in [3.63, 3.8) is 0 Å². The maximum atomic E-state index is 12.1. The van der Waals surface area contributed by atoms with Crippen molar-refractivity contribution in [1.82, 2.24) is 15.1 Å². The summed E-state index contributed by atoms with van der Waals surface area (Å²) in [6, 6.07) is 0. The van der Waals surface area contributed by atoms with Crippen LogP contribution in [0.2, 0.25) is 0 Å². The number of nitrogens with zero attached hydrogens (tertiary/aromatic N) is 3. The molecule has 1 aliphatic heterocycles. The number of ether oxygens (including phenoxy) is 1. The first-order chi connectivity index (χ1) is 11.6. The lowest BCUT2D eigenvalue weighted by Crippen LogP contribution is -2.45. The molecule has 1 amide bonds. The van der Waals surface area contributed by atoms with Gasteiger partial charge < -0.3 is 19.9 Å². The van der Waals surface area contributed by atoms with Crippen LogP contribution in [0.15, 0.2) is 4.99 Å². The lowest BCUT2D eigenvalue weighted by atomic mass is 9.68. The Balaban J connectivity index is 0.00000338. The van der Waals surface area contributed by atoms with Gasteiger partial charge in [-0.1, -0.05) is 13.3 Å². The third-order valence-corrected chi connectivity index (χ3v) is 5.26. The molecule has 1 aliphatic carbocycles. The van der Waals surface area contributed by atoms with Gasteiger partial charge in [-0.05, 0) is 51.4 Å². The Bertz CT molecular complexity index is 500. The summed E-state index contributed by atoms with van der Waals surface area (Å²) < 4.78 is 5.40. The summed E-state index contributed by atoms with van der Waals surface area (Å²) in [6.45, 7) is 11.5. The van der Waals surface area contributed by atoms with Crippen molar-refractivity contribution in [1.29, 1.82) is 0 Å². The fourth-order valence-electron chi connectivity index (χ4n) is 3.75. The molecular formula is C19H37IN4O2. The second kappa shape index (κ2) is 9.46. The number of halogens is 1. The summed E-state index contributed by atoms with van der Waals surface area (Å²) in [5.74, 6) is 1.31. The minimum atomic E-state index is -0.456. The first-order valence-electron chi connectivity index (χ1n) is 9.54. The summed E-state index contributed by atoms with van der Waals surface area (Å²) in [5, 5.41) is 3.49. The standard InChI is InChI=1S/C19H36N4O2.HI/c1-15(13-22(6)17(24)25-18(2,3)4)12-21-16(20-5)23-11-10-19(14-23)8-7-9-19;/h15H,7-14H2,1-6H3,(H,20,21);1H. The normalized spacial score (nSPS) is 20.2. The lowest BCUT2D eigenvalue weighted by Gasteiger charge is -2.38. The highest BCUT2D eigenvalue weighted by atomic mass is 127. The number of nitrogens with one attached hydrogen (secondary N) is 1. The fraction of sp³-hybridized carbons (Fsp3) is 0.895. The minimum Gasteiger partial charge on any atom is -0.444 e. The van der Waals surface area contributed by atoms with Gasteiger partial charge >= 0.3 is 6.09 Å². The van der Waals surface area contributed by atoms with Crippen molar-refractivity contribution in [3.8, 4) is 0 Å². The van der Waals surface area contributed by atoms with Crippen molar-refractivity contribution >= 4 is 36.0 Å². The van der Waals surface area contributed by atoms with Crippen LogP contribution < -0.4 is 5.32 Å². The number of rotatable bonds is 4. The number of likely N-dealkylation sites (tertiary alicyclic amines) is 1. The number of carbonyl (C=O) groups is 1. The van der Waals surface area contributed by atoms with Gasteiger partial charge in [-0.15, -0.1) is 24.0 Å². The zero-order valence-corrected chi connectivity index (χ0v) is 19.6. The van der Waals surface area contributed by atoms with E-state index in [2.05, 4.69) is 22.1 Å². The van der Waals surface area contributed by atoms with Gasteiger partial charge in [0.25, 0.3) is 0 Å². The van der Waals surface area contributed by atoms with E-state index in [1.54, 1.807) is 11.9 Å². The number of hydrogen-bond donors (Lipinski definition) is 1. The topological polar surface area (TPSA) is 57.2 Å². The molecule has 1 unspecified atom stereocenters. The van der Waals surface area contributed by atoms with Gasteiger partial charge in [0.15, 0.2) is 5.96 Å². The van der Waals surface area contributed by atoms with Crippen LogP contribution >= 0.6 is 24.0 Å². The molecular weight excluding hydrogens is 443 g/mol. The van der Waals surface area contributed by atoms with Crippen LogP contribution in [0.1, 0.15) is 53.4 Å². The quantitative estimate of drug-likeness (QED) is 0.380. The van der Waals surface area contributed by atoms with E-state index in [0.717, 1.165) is 25.6 Å². The van der Waals surface area contributed by atoms with E-state index in [-0.39, 0.29) is 30.1 Å². The molecule has 0 radical (unpaired) electrons. The van der Waals surface area contributed by atoms with E-state index in [9.17, 15) is 4.79 Å². The molecule has 152 valence electrons. The van der Waals surface area contributed by atoms with E-state index in [0.29, 0.717) is 17.9 Å². The highest BCUT2D eigenvalue weighted by molar-refractivity contribution is 14.0. The average molecular weight is 480 g/mol. The van der Waals surface area contributed by atoms with Crippen molar-refractivity contribution in [2.75, 3.05) is 40.3 Å². The number of aliphatic imine (C=N–C) groups is 1. The third kappa shape index (κ3) is 6.46. The van der Waals surface area contributed by atoms with Crippen molar-refractivity contribution in [2.24, 2.45) is 16.3 Å². The lowest BCUT2D eigenvalue weighted by molar-refractivity contribution is 0.0277. The molecule has 1 saturated carbocycles. The summed E-state index contributed by atoms with van der Waals surface area (Å²) in [5.41, 5.74) is 0.113. The summed E-state index contributed by atoms with van der Waals surface area (Å²) in [6.07, 6.45) is 5.16. The molecule has 1 atom stereocenters. The molecule has 1 spiro atoms. The maximum absolute atomic E-state index is 12.1. The van der Waals surface area contributed by atoms with Crippen LogP contribution in [0.4, 0.5) is 4.79 Å². The van der Waals surface area contributed by atoms with Gasteiger partial charge in [0.2, 0.25) is 0 Å². The third-order valence-electron chi connectivity index (χ3n) is 5.26. The van der Waals surface area contributed by atoms with Gasteiger partial charge in [-0.25, -0.2) is 4.79 Å². The van der Waals surface area contributed by atoms with Gasteiger partial charge in [0.05, 0.1) is 0 Å². The van der Waals surface area contributed by atoms with Gasteiger partial charge in [0.1, 0.15) is 5.60 Å². The highest BCUT2D eigenvalue weighted by Gasteiger charge is 2.43. The predicted octanol–water partition coefficient (Wildman–Crippen LogP) is 3.56. The van der Waals surface area contributed by atoms with E-state index >= 15 is 0 Å². The largest absolute Gasteiger partial charge is 0.444 e. The van der Waals surface area contributed by atoms with Gasteiger partial charge in [-0.2, -0.15) is 0 Å². The second-order valence-electron chi connectivity index (χ2n) is 8.92. The SMILES string of the molecule is CN=C(NCC(C)CN(C)C(=O)OC(C)(C)C)N1CCC2(CCC2)C1.I. The average Bonchev–Trinajstić information content (AvgIpc) is 2.91. The second-order valence-corrected chi connectivity index (χ2v) is 8.92. The molecule has 1 saturated heterocycles. The van der Waals surface area contributed by atoms with Crippen LogP contribution in [-0.2, 0) is 4.74 Å². The molecule has 2 fully saturated rings. The molecule has 0 aromatic carbocycles. The Morgan fingerprint density at radius 1 is 1.35 bits per heavy atom. The molecule has 0 aromatic heterocycles. The molecule has 7 heteroatoms. The first kappa shape index (κ1) is 23.3. The van der Waals surface area contributed by atoms with Crippen LogP contribution in [0.3, 0.4) is 0 Å². The molecule has 1 N–H and O–H groups in total. The van der Waals surface area contributed by atoms with Gasteiger partial charge in [-0.3, -0.25) is 4.99 Å². The number of hydrogen-bond acceptors (Lipinski definition) is 3. The first-order valence-corrected chi connectivity index (χ1v) is 9.54. The van der Waals surface area contributed by atoms with Crippen molar-refractivity contribution in [2.45, 2.75) is 59.0 Å². The smallest absolute Gasteiger partial charge is 0.410 e. The number of amides is 1. The number of carbonyl (C=O) groups excluding carboxylic acids is 1. The Morgan fingerprint density at radius 2 is 2.00 bits per heavy atom. The van der Waals surface area contributed by atoms with E-state index in [4.69, 9.17) is 4.74 Å². The molecule has 0 bridgehead atoms. The fourth-order valence-corrected chi connectivity index (χ4v) is 3.75. The van der Waals surface area contributed by atoms with E-state index < -0.39 is 5.60 Å². The highest BCUT2D eigenvalue weighted by Crippen LogP contribution is 2.47. The summed E-state index contributed by atoms with van der Waals surface area (Å²) in [4.78, 5) is 20.6. The summed E-state index contributed by atoms with van der Waals surface area (Å²) in [7, 11) is 3.64. The maximum Gasteiger partial charge on any atom is 0.410 e. The van der Waals surface area contributed by atoms with E-state index in [1.807, 2.05) is 27.8 Å². The van der Waals surface area contributed by atoms with E-state index in [1.165, 1.54) is 25.7 Å². The van der Waals surface area contributed by atoms with Gasteiger partial charge in [0, 0.05) is 40.3 Å². The Kier molecular flexibility index (Phi) is 8.48. The molecule has 1 heterocycles. The molecule has 0 aromatic rings. The number of guanidine groups is 1. The van der Waals surface area contributed by atoms with Crippen LogP contribution in [0, 0.1) is 11.3 Å². The Hall–Kier alpha value is -0.730. The van der Waals surface area contributed by atoms with Crippen molar-refractivity contribution < 1.29 is 9.53 Å². The molecule has 2 rings (SSSR count). The molecule has 2 aliphatic rings. The Labute approximate surface area is 176 Å². The predicted molar refractivity (Wildman–Crippen MR) is 117 cm³/mol. The van der Waals surface area contributed by atoms with Crippen LogP contribution in [-0.4, -0.2) is 67.7 Å². The zero-order valence-electron chi connectivity index (χ0n) is 17.3. The van der Waals surface area contributed by atoms with Crippen molar-refractivity contribution in [3.05, 3.63) is 0 Å².